The topological polar surface area (TPSA) is 40.6 Å². The van der Waals surface area contributed by atoms with Crippen molar-refractivity contribution in [2.45, 2.75) is 32.6 Å². The zero-order valence-corrected chi connectivity index (χ0v) is 15.5. The highest BCUT2D eigenvalue weighted by Gasteiger charge is 2.29. The molecule has 0 N–H and O–H groups in total. The molecule has 0 unspecified atom stereocenters. The van der Waals surface area contributed by atoms with Crippen molar-refractivity contribution in [3.63, 3.8) is 0 Å². The summed E-state index contributed by atoms with van der Waals surface area (Å²) in [6, 6.07) is 7.46. The summed E-state index contributed by atoms with van der Waals surface area (Å²) >= 11 is 3.40. The molecule has 1 aromatic carbocycles. The number of piperidine rings is 1. The number of benzene rings is 1. The lowest BCUT2D eigenvalue weighted by Gasteiger charge is -2.33. The molecule has 2 amide bonds. The maximum absolute atomic E-state index is 12.5. The minimum absolute atomic E-state index is 0.0523. The molecule has 1 heterocycles. The number of carbonyl (C=O) groups excluding carboxylic acids is 2. The predicted molar refractivity (Wildman–Crippen MR) is 95.3 cm³/mol. The molecule has 1 aliphatic rings. The molecule has 0 spiro atoms. The Bertz CT molecular complexity index is 554. The van der Waals surface area contributed by atoms with Crippen LogP contribution in [0.5, 0.6) is 0 Å². The number of carbonyl (C=O) groups is 2. The Balaban J connectivity index is 1.88. The van der Waals surface area contributed by atoms with E-state index in [0.717, 1.165) is 36.7 Å². The molecule has 5 heteroatoms. The average Bonchev–Trinajstić information content (AvgIpc) is 2.58. The lowest BCUT2D eigenvalue weighted by atomic mass is 9.95. The van der Waals surface area contributed by atoms with Crippen LogP contribution in [0, 0.1) is 5.92 Å². The van der Waals surface area contributed by atoms with Crippen molar-refractivity contribution < 1.29 is 9.59 Å². The Hall–Kier alpha value is -1.36. The number of hydrogen-bond donors (Lipinski definition) is 0. The van der Waals surface area contributed by atoms with E-state index < -0.39 is 0 Å². The van der Waals surface area contributed by atoms with Crippen LogP contribution in [0.2, 0.25) is 0 Å². The third-order valence-corrected chi connectivity index (χ3v) is 4.92. The highest BCUT2D eigenvalue weighted by molar-refractivity contribution is 9.10. The van der Waals surface area contributed by atoms with E-state index in [1.165, 1.54) is 0 Å². The van der Waals surface area contributed by atoms with Gasteiger partial charge >= 0.3 is 0 Å². The number of hydrogen-bond acceptors (Lipinski definition) is 2. The largest absolute Gasteiger partial charge is 0.346 e. The van der Waals surface area contributed by atoms with Crippen molar-refractivity contribution in [2.75, 3.05) is 26.7 Å². The Morgan fingerprint density at radius 3 is 2.61 bits per heavy atom. The molecule has 1 fully saturated rings. The standard InChI is InChI=1S/C18H25BrN2O2/c1-3-4-10-20(2)17(22)14-8-11-21(12-9-14)18(23)15-6-5-7-16(19)13-15/h5-7,13-14H,3-4,8-12H2,1-2H3. The summed E-state index contributed by atoms with van der Waals surface area (Å²) in [6.07, 6.45) is 3.66. The number of nitrogens with zero attached hydrogens (tertiary/aromatic N) is 2. The summed E-state index contributed by atoms with van der Waals surface area (Å²) in [7, 11) is 1.89. The molecule has 1 aliphatic heterocycles. The van der Waals surface area contributed by atoms with E-state index in [9.17, 15) is 9.59 Å². The quantitative estimate of drug-likeness (QED) is 0.783. The SMILES string of the molecule is CCCCN(C)C(=O)C1CCN(C(=O)c2cccc(Br)c2)CC1. The van der Waals surface area contributed by atoms with Gasteiger partial charge in [0.25, 0.3) is 5.91 Å². The van der Waals surface area contributed by atoms with E-state index in [-0.39, 0.29) is 17.7 Å². The van der Waals surface area contributed by atoms with E-state index in [1.54, 1.807) is 0 Å². The molecule has 0 saturated carbocycles. The van der Waals surface area contributed by atoms with Crippen molar-refractivity contribution in [2.24, 2.45) is 5.92 Å². The Morgan fingerprint density at radius 2 is 2.00 bits per heavy atom. The lowest BCUT2D eigenvalue weighted by Crippen LogP contribution is -2.43. The van der Waals surface area contributed by atoms with Gasteiger partial charge in [-0.2, -0.15) is 0 Å². The molecule has 0 bridgehead atoms. The van der Waals surface area contributed by atoms with Gasteiger partial charge in [0.2, 0.25) is 5.91 Å². The fourth-order valence-corrected chi connectivity index (χ4v) is 3.35. The van der Waals surface area contributed by atoms with Crippen LogP contribution >= 0.6 is 15.9 Å². The van der Waals surface area contributed by atoms with Crippen molar-refractivity contribution in [1.82, 2.24) is 9.80 Å². The molecular formula is C18H25BrN2O2. The predicted octanol–water partition coefficient (Wildman–Crippen LogP) is 3.56. The Labute approximate surface area is 147 Å². The first-order valence-electron chi connectivity index (χ1n) is 8.32. The summed E-state index contributed by atoms with van der Waals surface area (Å²) in [4.78, 5) is 28.6. The molecular weight excluding hydrogens is 356 g/mol. The van der Waals surface area contributed by atoms with Crippen molar-refractivity contribution in [3.05, 3.63) is 34.3 Å². The van der Waals surface area contributed by atoms with Gasteiger partial charge in [-0.05, 0) is 37.5 Å². The zero-order chi connectivity index (χ0) is 16.8. The molecule has 2 rings (SSSR count). The third kappa shape index (κ3) is 4.80. The van der Waals surface area contributed by atoms with Crippen LogP contribution < -0.4 is 0 Å². The lowest BCUT2D eigenvalue weighted by molar-refractivity contribution is -0.135. The van der Waals surface area contributed by atoms with Crippen LogP contribution in [0.15, 0.2) is 28.7 Å². The van der Waals surface area contributed by atoms with Gasteiger partial charge in [-0.25, -0.2) is 0 Å². The summed E-state index contributed by atoms with van der Waals surface area (Å²) in [5.74, 6) is 0.341. The second kappa shape index (κ2) is 8.48. The first-order valence-corrected chi connectivity index (χ1v) is 9.12. The van der Waals surface area contributed by atoms with Gasteiger partial charge in [-0.15, -0.1) is 0 Å². The average molecular weight is 381 g/mol. The van der Waals surface area contributed by atoms with Crippen molar-refractivity contribution in [3.8, 4) is 0 Å². The normalized spacial score (nSPS) is 15.5. The van der Waals surface area contributed by atoms with Gasteiger partial charge in [0.15, 0.2) is 0 Å². The van der Waals surface area contributed by atoms with E-state index in [0.29, 0.717) is 18.7 Å². The zero-order valence-electron chi connectivity index (χ0n) is 13.9. The van der Waals surface area contributed by atoms with E-state index in [4.69, 9.17) is 0 Å². The van der Waals surface area contributed by atoms with Crippen LogP contribution in [0.25, 0.3) is 0 Å². The number of unbranched alkanes of at least 4 members (excludes halogenated alkanes) is 1. The maximum Gasteiger partial charge on any atom is 0.253 e. The maximum atomic E-state index is 12.5. The summed E-state index contributed by atoms with van der Waals surface area (Å²) in [5.41, 5.74) is 0.698. The third-order valence-electron chi connectivity index (χ3n) is 4.43. The van der Waals surface area contributed by atoms with Gasteiger partial charge in [-0.1, -0.05) is 35.3 Å². The Kier molecular flexibility index (Phi) is 6.63. The molecule has 23 heavy (non-hydrogen) atoms. The second-order valence-electron chi connectivity index (χ2n) is 6.19. The van der Waals surface area contributed by atoms with E-state index in [1.807, 2.05) is 41.1 Å². The highest BCUT2D eigenvalue weighted by atomic mass is 79.9. The molecule has 4 nitrogen and oxygen atoms in total. The monoisotopic (exact) mass is 380 g/mol. The fraction of sp³-hybridized carbons (Fsp3) is 0.556. The second-order valence-corrected chi connectivity index (χ2v) is 7.11. The minimum atomic E-state index is 0.0523. The first kappa shape index (κ1) is 18.0. The van der Waals surface area contributed by atoms with E-state index >= 15 is 0 Å². The number of rotatable bonds is 5. The number of likely N-dealkylation sites (tertiary alicyclic amines) is 1. The summed E-state index contributed by atoms with van der Waals surface area (Å²) in [5, 5.41) is 0. The molecule has 0 atom stereocenters. The first-order chi connectivity index (χ1) is 11.0. The van der Waals surface area contributed by atoms with Crippen molar-refractivity contribution >= 4 is 27.7 Å². The van der Waals surface area contributed by atoms with Gasteiger partial charge in [0, 0.05) is 42.6 Å². The molecule has 0 aliphatic carbocycles. The molecule has 1 saturated heterocycles. The van der Waals surface area contributed by atoms with Crippen LogP contribution in [-0.4, -0.2) is 48.3 Å². The van der Waals surface area contributed by atoms with Gasteiger partial charge < -0.3 is 9.80 Å². The molecule has 0 radical (unpaired) electrons. The van der Waals surface area contributed by atoms with Crippen molar-refractivity contribution in [1.29, 1.82) is 0 Å². The minimum Gasteiger partial charge on any atom is -0.346 e. The van der Waals surface area contributed by atoms with Gasteiger partial charge in [-0.3, -0.25) is 9.59 Å². The molecule has 1 aromatic rings. The van der Waals surface area contributed by atoms with Crippen LogP contribution in [0.1, 0.15) is 43.0 Å². The smallest absolute Gasteiger partial charge is 0.253 e. The number of halogens is 1. The Morgan fingerprint density at radius 1 is 1.30 bits per heavy atom. The molecule has 126 valence electrons. The summed E-state index contributed by atoms with van der Waals surface area (Å²) in [6.45, 7) is 4.27. The highest BCUT2D eigenvalue weighted by Crippen LogP contribution is 2.22. The number of amides is 2. The van der Waals surface area contributed by atoms with E-state index in [2.05, 4.69) is 22.9 Å². The van der Waals surface area contributed by atoms with Crippen LogP contribution in [-0.2, 0) is 4.79 Å². The van der Waals surface area contributed by atoms with Crippen LogP contribution in [0.3, 0.4) is 0 Å². The van der Waals surface area contributed by atoms with Gasteiger partial charge in [0.1, 0.15) is 0 Å². The fourth-order valence-electron chi connectivity index (χ4n) is 2.95. The summed E-state index contributed by atoms with van der Waals surface area (Å²) < 4.78 is 0.908. The van der Waals surface area contributed by atoms with Crippen LogP contribution in [0.4, 0.5) is 0 Å². The molecule has 0 aromatic heterocycles. The van der Waals surface area contributed by atoms with Gasteiger partial charge in [0.05, 0.1) is 0 Å².